The molecule has 154 valence electrons. The number of imidazole rings is 1. The lowest BCUT2D eigenvalue weighted by Crippen LogP contribution is -2.54. The first kappa shape index (κ1) is 19.6. The van der Waals surface area contributed by atoms with E-state index in [0.717, 1.165) is 37.1 Å². The predicted molar refractivity (Wildman–Crippen MR) is 110 cm³/mol. The van der Waals surface area contributed by atoms with E-state index >= 15 is 0 Å². The highest BCUT2D eigenvalue weighted by atomic mass is 16.2. The fourth-order valence-corrected chi connectivity index (χ4v) is 4.61. The van der Waals surface area contributed by atoms with Gasteiger partial charge in [0, 0.05) is 50.9 Å². The number of benzene rings is 1. The lowest BCUT2D eigenvalue weighted by molar-refractivity contribution is -0.143. The van der Waals surface area contributed by atoms with Crippen LogP contribution in [0, 0.1) is 5.41 Å². The number of carbonyl (C=O) groups is 2. The molecule has 2 aliphatic heterocycles. The van der Waals surface area contributed by atoms with Crippen molar-refractivity contribution in [2.45, 2.75) is 44.7 Å². The van der Waals surface area contributed by atoms with Gasteiger partial charge in [0.15, 0.2) is 0 Å². The minimum absolute atomic E-state index is 0.00229. The quantitative estimate of drug-likeness (QED) is 0.806. The van der Waals surface area contributed by atoms with Gasteiger partial charge in [-0.1, -0.05) is 30.3 Å². The van der Waals surface area contributed by atoms with Crippen molar-refractivity contribution in [3.8, 4) is 0 Å². The summed E-state index contributed by atoms with van der Waals surface area (Å²) in [6.45, 7) is 2.87. The van der Waals surface area contributed by atoms with E-state index in [9.17, 15) is 9.59 Å². The Labute approximate surface area is 171 Å². The highest BCUT2D eigenvalue weighted by molar-refractivity contribution is 5.82. The summed E-state index contributed by atoms with van der Waals surface area (Å²) in [5, 5.41) is 0. The number of aromatic nitrogens is 2. The van der Waals surface area contributed by atoms with Gasteiger partial charge in [-0.25, -0.2) is 4.98 Å². The summed E-state index contributed by atoms with van der Waals surface area (Å²) in [5.41, 5.74) is 8.30. The number of rotatable bonds is 5. The third-order valence-electron chi connectivity index (χ3n) is 6.41. The van der Waals surface area contributed by atoms with Crippen LogP contribution in [0.5, 0.6) is 0 Å². The third kappa shape index (κ3) is 4.50. The van der Waals surface area contributed by atoms with Gasteiger partial charge in [-0.05, 0) is 30.2 Å². The van der Waals surface area contributed by atoms with Crippen molar-refractivity contribution in [3.63, 3.8) is 0 Å². The summed E-state index contributed by atoms with van der Waals surface area (Å²) in [7, 11) is 0. The SMILES string of the molecule is NC(Cc1cnc[nH]1)C(=O)N1CCC2(CCC(=O)N(Cc3ccccc3)C2)CC1. The molecule has 0 aliphatic carbocycles. The van der Waals surface area contributed by atoms with Gasteiger partial charge >= 0.3 is 0 Å². The molecule has 1 spiro atoms. The second-order valence-corrected chi connectivity index (χ2v) is 8.45. The number of aromatic amines is 1. The molecule has 2 saturated heterocycles. The van der Waals surface area contributed by atoms with Crippen LogP contribution in [-0.4, -0.2) is 57.3 Å². The smallest absolute Gasteiger partial charge is 0.239 e. The molecule has 7 heteroatoms. The monoisotopic (exact) mass is 395 g/mol. The Morgan fingerprint density at radius 3 is 2.66 bits per heavy atom. The molecule has 2 aromatic rings. The van der Waals surface area contributed by atoms with E-state index in [2.05, 4.69) is 22.1 Å². The van der Waals surface area contributed by atoms with Crippen molar-refractivity contribution in [3.05, 3.63) is 54.1 Å². The summed E-state index contributed by atoms with van der Waals surface area (Å²) in [4.78, 5) is 36.1. The Kier molecular flexibility index (Phi) is 5.67. The van der Waals surface area contributed by atoms with Gasteiger partial charge in [-0.15, -0.1) is 0 Å². The highest BCUT2D eigenvalue weighted by Crippen LogP contribution is 2.40. The average Bonchev–Trinajstić information content (AvgIpc) is 3.25. The van der Waals surface area contributed by atoms with Gasteiger partial charge in [0.1, 0.15) is 0 Å². The second-order valence-electron chi connectivity index (χ2n) is 8.45. The lowest BCUT2D eigenvalue weighted by atomic mass is 9.72. The van der Waals surface area contributed by atoms with Crippen LogP contribution in [0.3, 0.4) is 0 Å². The van der Waals surface area contributed by atoms with Gasteiger partial charge in [0.2, 0.25) is 11.8 Å². The maximum absolute atomic E-state index is 12.8. The molecule has 2 aliphatic rings. The molecule has 1 aromatic heterocycles. The van der Waals surface area contributed by atoms with Gasteiger partial charge in [-0.3, -0.25) is 9.59 Å². The zero-order valence-electron chi connectivity index (χ0n) is 16.7. The molecule has 4 rings (SSSR count). The van der Waals surface area contributed by atoms with Crippen LogP contribution in [0.25, 0.3) is 0 Å². The van der Waals surface area contributed by atoms with Crippen LogP contribution < -0.4 is 5.73 Å². The van der Waals surface area contributed by atoms with E-state index in [1.54, 1.807) is 12.5 Å². The van der Waals surface area contributed by atoms with E-state index in [4.69, 9.17) is 5.73 Å². The Hall–Kier alpha value is -2.67. The van der Waals surface area contributed by atoms with E-state index in [1.165, 1.54) is 0 Å². The topological polar surface area (TPSA) is 95.3 Å². The molecule has 0 saturated carbocycles. The molecular formula is C22H29N5O2. The van der Waals surface area contributed by atoms with Gasteiger partial charge in [0.05, 0.1) is 12.4 Å². The number of hydrogen-bond donors (Lipinski definition) is 2. The number of hydrogen-bond acceptors (Lipinski definition) is 4. The summed E-state index contributed by atoms with van der Waals surface area (Å²) >= 11 is 0. The van der Waals surface area contributed by atoms with E-state index in [0.29, 0.717) is 32.5 Å². The fraction of sp³-hybridized carbons (Fsp3) is 0.500. The highest BCUT2D eigenvalue weighted by Gasteiger charge is 2.42. The van der Waals surface area contributed by atoms with Crippen molar-refractivity contribution in [2.24, 2.45) is 11.1 Å². The molecule has 3 heterocycles. The molecule has 2 amide bonds. The van der Waals surface area contributed by atoms with Crippen molar-refractivity contribution in [1.82, 2.24) is 19.8 Å². The summed E-state index contributed by atoms with van der Waals surface area (Å²) in [6.07, 6.45) is 7.14. The van der Waals surface area contributed by atoms with Crippen molar-refractivity contribution in [2.75, 3.05) is 19.6 Å². The largest absolute Gasteiger partial charge is 0.348 e. The minimum Gasteiger partial charge on any atom is -0.348 e. The first-order valence-electron chi connectivity index (χ1n) is 10.4. The minimum atomic E-state index is -0.549. The van der Waals surface area contributed by atoms with Crippen LogP contribution in [0.4, 0.5) is 0 Å². The molecule has 2 fully saturated rings. The fourth-order valence-electron chi connectivity index (χ4n) is 4.61. The van der Waals surface area contributed by atoms with Crippen molar-refractivity contribution >= 4 is 11.8 Å². The Morgan fingerprint density at radius 1 is 1.21 bits per heavy atom. The molecule has 1 unspecified atom stereocenters. The molecule has 1 aromatic carbocycles. The van der Waals surface area contributed by atoms with Gasteiger partial charge < -0.3 is 20.5 Å². The summed E-state index contributed by atoms with van der Waals surface area (Å²) < 4.78 is 0. The Morgan fingerprint density at radius 2 is 1.97 bits per heavy atom. The molecular weight excluding hydrogens is 366 g/mol. The number of H-pyrrole nitrogens is 1. The number of nitrogens with zero attached hydrogens (tertiary/aromatic N) is 3. The number of nitrogens with two attached hydrogens (primary N) is 1. The predicted octanol–water partition coefficient (Wildman–Crippen LogP) is 1.71. The number of piperidine rings is 2. The van der Waals surface area contributed by atoms with E-state index in [1.807, 2.05) is 28.0 Å². The van der Waals surface area contributed by atoms with Gasteiger partial charge in [0.25, 0.3) is 0 Å². The van der Waals surface area contributed by atoms with Crippen LogP contribution in [0.2, 0.25) is 0 Å². The van der Waals surface area contributed by atoms with Crippen molar-refractivity contribution < 1.29 is 9.59 Å². The lowest BCUT2D eigenvalue weighted by Gasteiger charge is -2.47. The van der Waals surface area contributed by atoms with Crippen LogP contribution in [0.15, 0.2) is 42.9 Å². The maximum atomic E-state index is 12.8. The standard InChI is InChI=1S/C22H29N5O2/c23-19(12-18-13-24-16-25-18)21(29)26-10-8-22(9-11-26)7-6-20(28)27(15-22)14-17-4-2-1-3-5-17/h1-5,13,16,19H,6-12,14-15,23H2,(H,24,25). The zero-order valence-corrected chi connectivity index (χ0v) is 16.7. The number of amides is 2. The summed E-state index contributed by atoms with van der Waals surface area (Å²) in [5.74, 6) is 0.238. The van der Waals surface area contributed by atoms with Crippen molar-refractivity contribution in [1.29, 1.82) is 0 Å². The van der Waals surface area contributed by atoms with Crippen LogP contribution in [-0.2, 0) is 22.6 Å². The molecule has 3 N–H and O–H groups in total. The third-order valence-corrected chi connectivity index (χ3v) is 6.41. The normalized spacial score (nSPS) is 20.1. The molecule has 7 nitrogen and oxygen atoms in total. The van der Waals surface area contributed by atoms with Crippen LogP contribution in [0.1, 0.15) is 36.9 Å². The summed E-state index contributed by atoms with van der Waals surface area (Å²) in [6, 6.07) is 9.60. The molecule has 29 heavy (non-hydrogen) atoms. The Balaban J connectivity index is 1.34. The number of nitrogens with one attached hydrogen (secondary N) is 1. The number of likely N-dealkylation sites (tertiary alicyclic amines) is 2. The van der Waals surface area contributed by atoms with E-state index < -0.39 is 6.04 Å². The zero-order chi connectivity index (χ0) is 20.3. The molecule has 1 atom stereocenters. The first-order valence-corrected chi connectivity index (χ1v) is 10.4. The first-order chi connectivity index (χ1) is 14.0. The molecule has 0 bridgehead atoms. The second kappa shape index (κ2) is 8.37. The number of carbonyl (C=O) groups excluding carboxylic acids is 2. The Bertz CT molecular complexity index is 828. The average molecular weight is 396 g/mol. The van der Waals surface area contributed by atoms with Gasteiger partial charge in [-0.2, -0.15) is 0 Å². The van der Waals surface area contributed by atoms with E-state index in [-0.39, 0.29) is 17.2 Å². The van der Waals surface area contributed by atoms with Crippen LogP contribution >= 0.6 is 0 Å². The molecule has 0 radical (unpaired) electrons. The maximum Gasteiger partial charge on any atom is 0.239 e.